The number of hydrogen-bond acceptors (Lipinski definition) is 7. The van der Waals surface area contributed by atoms with Gasteiger partial charge in [-0.05, 0) is 0 Å². The summed E-state index contributed by atoms with van der Waals surface area (Å²) in [5, 5.41) is 9.33. The van der Waals surface area contributed by atoms with Gasteiger partial charge in [0.25, 0.3) is 14.1 Å². The summed E-state index contributed by atoms with van der Waals surface area (Å²) in [6.45, 7) is 0. The molecule has 8 nitrogen and oxygen atoms in total. The van der Waals surface area contributed by atoms with Gasteiger partial charge in [0.05, 0.1) is 18.1 Å². The van der Waals surface area contributed by atoms with Gasteiger partial charge in [0.2, 0.25) is 11.6 Å². The predicted octanol–water partition coefficient (Wildman–Crippen LogP) is 1.82. The molecule has 20 heavy (non-hydrogen) atoms. The first-order valence-electron chi connectivity index (χ1n) is 4.39. The van der Waals surface area contributed by atoms with E-state index in [1.54, 1.807) is 0 Å². The Hall–Kier alpha value is -1.82. The third kappa shape index (κ3) is 3.84. The van der Waals surface area contributed by atoms with Gasteiger partial charge in [-0.2, -0.15) is 4.98 Å². The molecule has 0 saturated heterocycles. The Morgan fingerprint density at radius 2 is 2.00 bits per heavy atom. The van der Waals surface area contributed by atoms with E-state index in [2.05, 4.69) is 14.5 Å². The minimum Gasteiger partial charge on any atom is -0.490 e. The largest absolute Gasteiger partial charge is 0.574 e. The molecular formula is C7H4ClF3N2O6S. The van der Waals surface area contributed by atoms with Gasteiger partial charge >= 0.3 is 12.0 Å². The fourth-order valence-electron chi connectivity index (χ4n) is 1.14. The van der Waals surface area contributed by atoms with Crippen LogP contribution in [-0.4, -0.2) is 31.8 Å². The summed E-state index contributed by atoms with van der Waals surface area (Å²) in [6.07, 6.45) is -5.18. The fraction of sp³-hybridized carbons (Fsp3) is 0.286. The third-order valence-corrected chi connectivity index (χ3v) is 2.94. The molecule has 1 aromatic rings. The van der Waals surface area contributed by atoms with Crippen molar-refractivity contribution in [1.82, 2.24) is 4.98 Å². The normalized spacial score (nSPS) is 12.1. The van der Waals surface area contributed by atoms with Crippen LogP contribution in [0.3, 0.4) is 0 Å². The molecular weight excluding hydrogens is 333 g/mol. The van der Waals surface area contributed by atoms with Gasteiger partial charge in [0.1, 0.15) is 0 Å². The molecule has 0 aliphatic carbocycles. The van der Waals surface area contributed by atoms with Crippen LogP contribution < -0.4 is 9.47 Å². The summed E-state index contributed by atoms with van der Waals surface area (Å²) < 4.78 is 66.3. The van der Waals surface area contributed by atoms with Crippen LogP contribution in [0.2, 0.25) is 0 Å². The molecule has 0 fully saturated rings. The van der Waals surface area contributed by atoms with Gasteiger partial charge in [-0.3, -0.25) is 10.1 Å². The number of halogens is 4. The molecule has 0 amide bonds. The number of alkyl halides is 3. The van der Waals surface area contributed by atoms with Gasteiger partial charge in [-0.25, -0.2) is 8.42 Å². The number of methoxy groups -OCH3 is 1. The summed E-state index contributed by atoms with van der Waals surface area (Å²) in [6, 6.07) is 0.414. The SMILES string of the molecule is COc1cc(OC(F)(F)F)nc(S(=O)(=O)Cl)c1[N+](=O)[O-]. The molecule has 0 radical (unpaired) electrons. The van der Waals surface area contributed by atoms with E-state index in [9.17, 15) is 31.7 Å². The lowest BCUT2D eigenvalue weighted by Crippen LogP contribution is -2.19. The van der Waals surface area contributed by atoms with Crippen LogP contribution in [0.5, 0.6) is 11.6 Å². The Morgan fingerprint density at radius 1 is 1.45 bits per heavy atom. The number of aromatic nitrogens is 1. The molecule has 112 valence electrons. The van der Waals surface area contributed by atoms with Crippen molar-refractivity contribution < 1.29 is 36.0 Å². The van der Waals surface area contributed by atoms with Crippen LogP contribution in [0.4, 0.5) is 18.9 Å². The molecule has 0 atom stereocenters. The first kappa shape index (κ1) is 16.2. The summed E-state index contributed by atoms with van der Waals surface area (Å²) in [5.41, 5.74) is -1.20. The van der Waals surface area contributed by atoms with E-state index in [0.29, 0.717) is 6.07 Å². The fourth-order valence-corrected chi connectivity index (χ4v) is 2.06. The van der Waals surface area contributed by atoms with Crippen molar-refractivity contribution in [3.63, 3.8) is 0 Å². The van der Waals surface area contributed by atoms with Gasteiger partial charge in [-0.1, -0.05) is 0 Å². The maximum atomic E-state index is 12.0. The predicted molar refractivity (Wildman–Crippen MR) is 57.2 cm³/mol. The van der Waals surface area contributed by atoms with Crippen molar-refractivity contribution in [2.45, 2.75) is 11.4 Å². The summed E-state index contributed by atoms with van der Waals surface area (Å²) in [4.78, 5) is 12.4. The second-order valence-corrected chi connectivity index (χ2v) is 5.54. The van der Waals surface area contributed by atoms with Crippen LogP contribution in [0.25, 0.3) is 0 Å². The Kier molecular flexibility index (Phi) is 4.29. The van der Waals surface area contributed by atoms with Crippen LogP contribution in [0.15, 0.2) is 11.1 Å². The lowest BCUT2D eigenvalue weighted by atomic mass is 10.4. The van der Waals surface area contributed by atoms with Crippen molar-refractivity contribution >= 4 is 25.4 Å². The number of ether oxygens (including phenoxy) is 2. The van der Waals surface area contributed by atoms with Gasteiger partial charge in [-0.15, -0.1) is 13.2 Å². The van der Waals surface area contributed by atoms with E-state index in [0.717, 1.165) is 7.11 Å². The molecule has 13 heteroatoms. The van der Waals surface area contributed by atoms with E-state index < -0.39 is 42.7 Å². The molecule has 0 unspecified atom stereocenters. The number of hydrogen-bond donors (Lipinski definition) is 0. The lowest BCUT2D eigenvalue weighted by Gasteiger charge is -2.10. The van der Waals surface area contributed by atoms with E-state index >= 15 is 0 Å². The maximum Gasteiger partial charge on any atom is 0.574 e. The molecule has 1 aromatic heterocycles. The minimum atomic E-state index is -5.18. The Balaban J connectivity index is 3.61. The second-order valence-electron chi connectivity index (χ2n) is 3.06. The van der Waals surface area contributed by atoms with E-state index in [1.165, 1.54) is 0 Å². The van der Waals surface area contributed by atoms with Gasteiger partial charge in [0, 0.05) is 10.7 Å². The monoisotopic (exact) mass is 336 g/mol. The molecule has 1 heterocycles. The lowest BCUT2D eigenvalue weighted by molar-refractivity contribution is -0.389. The standard InChI is InChI=1S/C7H4ClF3N2O6S/c1-18-3-2-4(19-7(9,10)11)12-6(20(8,16)17)5(3)13(14)15/h2H,1H3. The topological polar surface area (TPSA) is 109 Å². The van der Waals surface area contributed by atoms with Crippen LogP contribution in [-0.2, 0) is 9.05 Å². The van der Waals surface area contributed by atoms with Gasteiger partial charge < -0.3 is 9.47 Å². The second kappa shape index (κ2) is 5.28. The Morgan fingerprint density at radius 3 is 2.35 bits per heavy atom. The highest BCUT2D eigenvalue weighted by Crippen LogP contribution is 2.38. The highest BCUT2D eigenvalue weighted by atomic mass is 35.7. The average Bonchev–Trinajstić information content (AvgIpc) is 2.23. The minimum absolute atomic E-state index is 0.414. The van der Waals surface area contributed by atoms with E-state index in [4.69, 9.17) is 10.7 Å². The molecule has 0 bridgehead atoms. The van der Waals surface area contributed by atoms with Crippen molar-refractivity contribution in [3.05, 3.63) is 16.2 Å². The van der Waals surface area contributed by atoms with Crippen molar-refractivity contribution in [2.75, 3.05) is 7.11 Å². The Bertz CT molecular complexity index is 647. The molecule has 0 N–H and O–H groups in total. The zero-order chi connectivity index (χ0) is 15.7. The van der Waals surface area contributed by atoms with Crippen LogP contribution >= 0.6 is 10.7 Å². The quantitative estimate of drug-likeness (QED) is 0.468. The first-order valence-corrected chi connectivity index (χ1v) is 6.70. The number of nitrogens with zero attached hydrogens (tertiary/aromatic N) is 2. The summed E-state index contributed by atoms with van der Waals surface area (Å²) >= 11 is 0. The molecule has 1 rings (SSSR count). The zero-order valence-electron chi connectivity index (χ0n) is 9.34. The third-order valence-electron chi connectivity index (χ3n) is 1.76. The highest BCUT2D eigenvalue weighted by molar-refractivity contribution is 8.13. The molecule has 0 aliphatic heterocycles. The van der Waals surface area contributed by atoms with Crippen molar-refractivity contribution in [3.8, 4) is 11.6 Å². The number of pyridine rings is 1. The maximum absolute atomic E-state index is 12.0. The van der Waals surface area contributed by atoms with Crippen LogP contribution in [0.1, 0.15) is 0 Å². The van der Waals surface area contributed by atoms with E-state index in [1.807, 2.05) is 0 Å². The smallest absolute Gasteiger partial charge is 0.490 e. The van der Waals surface area contributed by atoms with Crippen molar-refractivity contribution in [1.29, 1.82) is 0 Å². The molecule has 0 saturated carbocycles. The number of rotatable bonds is 4. The summed E-state index contributed by atoms with van der Waals surface area (Å²) in [5.74, 6) is -2.07. The number of nitro groups is 1. The van der Waals surface area contributed by atoms with Gasteiger partial charge in [0.15, 0.2) is 0 Å². The summed E-state index contributed by atoms with van der Waals surface area (Å²) in [7, 11) is 0.975. The first-order chi connectivity index (χ1) is 8.95. The van der Waals surface area contributed by atoms with Crippen molar-refractivity contribution in [2.24, 2.45) is 0 Å². The average molecular weight is 337 g/mol. The molecule has 0 aromatic carbocycles. The molecule has 0 aliphatic rings. The molecule has 0 spiro atoms. The Labute approximate surface area is 113 Å². The van der Waals surface area contributed by atoms with Crippen LogP contribution in [0, 0.1) is 10.1 Å². The zero-order valence-corrected chi connectivity index (χ0v) is 10.9. The highest BCUT2D eigenvalue weighted by Gasteiger charge is 2.36. The van der Waals surface area contributed by atoms with E-state index in [-0.39, 0.29) is 0 Å².